The highest BCUT2D eigenvalue weighted by Crippen LogP contribution is 2.45. The normalized spacial score (nSPS) is 19.6. The van der Waals surface area contributed by atoms with Gasteiger partial charge in [0.1, 0.15) is 22.8 Å². The third-order valence-electron chi connectivity index (χ3n) is 13.1. The fourth-order valence-electron chi connectivity index (χ4n) is 9.20. The monoisotopic (exact) mass is 900 g/mol. The summed E-state index contributed by atoms with van der Waals surface area (Å²) >= 11 is 0. The van der Waals surface area contributed by atoms with Crippen LogP contribution < -0.4 is 24.8 Å². The number of carbonyl (C=O) groups is 2. The van der Waals surface area contributed by atoms with Crippen molar-refractivity contribution < 1.29 is 40.6 Å². The fraction of sp³-hybridized carbons (Fsp3) is 0.600. The van der Waals surface area contributed by atoms with E-state index in [2.05, 4.69) is 22.8 Å². The second-order valence-electron chi connectivity index (χ2n) is 17.0. The molecule has 0 atom stereocenters. The number of para-hydroxylation sites is 1. The van der Waals surface area contributed by atoms with Gasteiger partial charge in [0.2, 0.25) is 0 Å². The number of hydrogen-bond acceptors (Lipinski definition) is 9. The van der Waals surface area contributed by atoms with E-state index in [0.717, 1.165) is 38.5 Å². The van der Waals surface area contributed by atoms with Gasteiger partial charge in [-0.25, -0.2) is 0 Å². The molecule has 2 aliphatic carbocycles. The Kier molecular flexibility index (Phi) is 17.1. The minimum atomic E-state index is -3.45. The van der Waals surface area contributed by atoms with Crippen molar-refractivity contribution >= 4 is 32.2 Å². The van der Waals surface area contributed by atoms with Crippen molar-refractivity contribution in [3.05, 3.63) is 76.9 Å². The number of hydrogen-bond donors (Lipinski definition) is 2. The molecule has 4 aliphatic rings. The highest BCUT2D eigenvalue weighted by atomic mass is 32.2. The Bertz CT molecular complexity index is 2120. The van der Waals surface area contributed by atoms with Crippen LogP contribution in [0.5, 0.6) is 17.2 Å². The Hall–Kier alpha value is -4.00. The highest BCUT2D eigenvalue weighted by molar-refractivity contribution is 7.87. The van der Waals surface area contributed by atoms with Crippen molar-refractivity contribution in [3.63, 3.8) is 0 Å². The summed E-state index contributed by atoms with van der Waals surface area (Å²) in [6.07, 6.45) is 16.1. The Labute approximate surface area is 370 Å². The standard InChI is InChI=1S/C23H35N3O5S.C22H33N3O4S/c1-25(2)32(28,29)26-15-13-23(14-16-26,18-9-6-5-7-10-18)17-24-22(27)21-19(30-3)11-8-12-20(21)31-4;1-24(2)30(27,28)25-15-13-22(14-16-25,18-9-5-4-6-10-18)17-23-21(26)19-11-7-8-12-20(19)29-3/h8-9,11-12H,5-7,10,13-17H2,1-4H3,(H,24,27);7-9,11-12H,4-6,10,13-17H2,1-3H3,(H,23,26). The topological polar surface area (TPSA) is 167 Å². The molecule has 2 fully saturated rings. The maximum absolute atomic E-state index is 13.2. The average Bonchev–Trinajstić information content (AvgIpc) is 3.30. The molecule has 0 bridgehead atoms. The molecule has 15 nitrogen and oxygen atoms in total. The number of nitrogens with one attached hydrogen (secondary N) is 2. The largest absolute Gasteiger partial charge is 0.496 e. The first-order valence-corrected chi connectivity index (χ1v) is 24.5. The van der Waals surface area contributed by atoms with Gasteiger partial charge in [0.25, 0.3) is 32.2 Å². The molecule has 2 saturated heterocycles. The highest BCUT2D eigenvalue weighted by Gasteiger charge is 2.43. The number of amides is 2. The lowest BCUT2D eigenvalue weighted by Crippen LogP contribution is -2.51. The van der Waals surface area contributed by atoms with E-state index in [1.807, 2.05) is 12.1 Å². The van der Waals surface area contributed by atoms with Gasteiger partial charge in [0, 0.05) is 78.3 Å². The van der Waals surface area contributed by atoms with Crippen molar-refractivity contribution in [1.82, 2.24) is 27.9 Å². The molecular weight excluding hydrogens is 833 g/mol. The number of carbonyl (C=O) groups excluding carboxylic acids is 2. The molecule has 6 rings (SSSR count). The number of benzene rings is 2. The summed E-state index contributed by atoms with van der Waals surface area (Å²) < 4.78 is 72.0. The second-order valence-corrected chi connectivity index (χ2v) is 21.3. The summed E-state index contributed by atoms with van der Waals surface area (Å²) in [5.41, 5.74) is 3.16. The predicted molar refractivity (Wildman–Crippen MR) is 242 cm³/mol. The third kappa shape index (κ3) is 11.2. The number of piperidine rings is 2. The van der Waals surface area contributed by atoms with Crippen LogP contribution in [0.15, 0.2) is 65.8 Å². The summed E-state index contributed by atoms with van der Waals surface area (Å²) in [4.78, 5) is 26.1. The van der Waals surface area contributed by atoms with Crippen LogP contribution in [0.3, 0.4) is 0 Å². The summed E-state index contributed by atoms with van der Waals surface area (Å²) in [5, 5.41) is 6.23. The summed E-state index contributed by atoms with van der Waals surface area (Å²) in [7, 11) is 3.99. The molecule has 0 radical (unpaired) electrons. The number of allylic oxidation sites excluding steroid dienone is 2. The molecule has 2 amide bonds. The van der Waals surface area contributed by atoms with Crippen LogP contribution in [0.25, 0.3) is 0 Å². The molecule has 2 heterocycles. The van der Waals surface area contributed by atoms with Crippen LogP contribution in [0.1, 0.15) is 97.8 Å². The molecular formula is C45H68N6O9S2. The van der Waals surface area contributed by atoms with Crippen molar-refractivity contribution in [2.45, 2.75) is 77.0 Å². The predicted octanol–water partition coefficient (Wildman–Crippen LogP) is 5.64. The van der Waals surface area contributed by atoms with Gasteiger partial charge in [-0.2, -0.15) is 34.1 Å². The average molecular weight is 901 g/mol. The van der Waals surface area contributed by atoms with Gasteiger partial charge in [0.15, 0.2) is 0 Å². The van der Waals surface area contributed by atoms with E-state index in [1.165, 1.54) is 46.8 Å². The lowest BCUT2D eigenvalue weighted by molar-refractivity contribution is 0.0904. The van der Waals surface area contributed by atoms with E-state index >= 15 is 0 Å². The zero-order chi connectivity index (χ0) is 45.1. The molecule has 2 aromatic rings. The van der Waals surface area contributed by atoms with Crippen LogP contribution in [-0.4, -0.2) is 135 Å². The zero-order valence-electron chi connectivity index (χ0n) is 37.7. The number of rotatable bonds is 15. The molecule has 0 spiro atoms. The van der Waals surface area contributed by atoms with Gasteiger partial charge in [-0.15, -0.1) is 0 Å². The maximum atomic E-state index is 13.2. The Morgan fingerprint density at radius 2 is 1.00 bits per heavy atom. The van der Waals surface area contributed by atoms with Gasteiger partial charge in [0.05, 0.1) is 26.9 Å². The number of methoxy groups -OCH3 is 3. The van der Waals surface area contributed by atoms with E-state index in [4.69, 9.17) is 14.2 Å². The molecule has 344 valence electrons. The quantitative estimate of drug-likeness (QED) is 0.215. The van der Waals surface area contributed by atoms with Gasteiger partial charge >= 0.3 is 0 Å². The Morgan fingerprint density at radius 3 is 1.39 bits per heavy atom. The van der Waals surface area contributed by atoms with Gasteiger partial charge < -0.3 is 24.8 Å². The first-order chi connectivity index (χ1) is 29.5. The molecule has 62 heavy (non-hydrogen) atoms. The summed E-state index contributed by atoms with van der Waals surface area (Å²) in [6, 6.07) is 12.4. The number of ether oxygens (including phenoxy) is 3. The van der Waals surface area contributed by atoms with Crippen LogP contribution in [-0.2, 0) is 20.4 Å². The van der Waals surface area contributed by atoms with Gasteiger partial charge in [-0.05, 0) is 101 Å². The van der Waals surface area contributed by atoms with Crippen molar-refractivity contribution in [3.8, 4) is 17.2 Å². The van der Waals surface area contributed by atoms with E-state index in [-0.39, 0.29) is 22.6 Å². The molecule has 2 N–H and O–H groups in total. The lowest BCUT2D eigenvalue weighted by atomic mass is 9.69. The zero-order valence-corrected chi connectivity index (χ0v) is 39.3. The first-order valence-electron chi connectivity index (χ1n) is 21.7. The number of nitrogens with zero attached hydrogens (tertiary/aromatic N) is 4. The van der Waals surface area contributed by atoms with Crippen LogP contribution in [0.4, 0.5) is 0 Å². The SMILES string of the molecule is COc1cccc(OC)c1C(=O)NCC1(C2=CCCCC2)CCN(S(=O)(=O)N(C)C)CC1.COc1ccccc1C(=O)NCC1(C2=CCCCC2)CCN(S(=O)(=O)N(C)C)CC1. The molecule has 0 aromatic heterocycles. The van der Waals surface area contributed by atoms with Crippen molar-refractivity contribution in [1.29, 1.82) is 0 Å². The van der Waals surface area contributed by atoms with Crippen molar-refractivity contribution in [2.75, 3.05) is 88.8 Å². The third-order valence-corrected chi connectivity index (χ3v) is 16.9. The Morgan fingerprint density at radius 1 is 0.597 bits per heavy atom. The molecule has 0 unspecified atom stereocenters. The minimum absolute atomic E-state index is 0.161. The summed E-state index contributed by atoms with van der Waals surface area (Å²) in [6.45, 7) is 2.75. The maximum Gasteiger partial charge on any atom is 0.281 e. The molecule has 0 saturated carbocycles. The van der Waals surface area contributed by atoms with Crippen LogP contribution in [0, 0.1) is 10.8 Å². The van der Waals surface area contributed by atoms with E-state index in [0.29, 0.717) is 93.3 Å². The van der Waals surface area contributed by atoms with Crippen molar-refractivity contribution in [2.24, 2.45) is 10.8 Å². The molecule has 17 heteroatoms. The van der Waals surface area contributed by atoms with Crippen LogP contribution in [0.2, 0.25) is 0 Å². The van der Waals surface area contributed by atoms with Crippen LogP contribution >= 0.6 is 0 Å². The molecule has 2 aliphatic heterocycles. The van der Waals surface area contributed by atoms with E-state index in [1.54, 1.807) is 74.2 Å². The van der Waals surface area contributed by atoms with Gasteiger partial charge in [-0.1, -0.05) is 41.5 Å². The smallest absolute Gasteiger partial charge is 0.281 e. The van der Waals surface area contributed by atoms with Gasteiger partial charge in [-0.3, -0.25) is 9.59 Å². The fourth-order valence-corrected chi connectivity index (χ4v) is 11.4. The lowest BCUT2D eigenvalue weighted by Gasteiger charge is -2.44. The first kappa shape index (κ1) is 49.0. The Balaban J connectivity index is 0.000000235. The minimum Gasteiger partial charge on any atom is -0.496 e. The summed E-state index contributed by atoms with van der Waals surface area (Å²) in [5.74, 6) is 1.05. The second kappa shape index (κ2) is 21.6. The van der Waals surface area contributed by atoms with E-state index < -0.39 is 20.4 Å². The van der Waals surface area contributed by atoms with E-state index in [9.17, 15) is 26.4 Å². The molecule has 2 aromatic carbocycles.